The van der Waals surface area contributed by atoms with E-state index in [0.717, 1.165) is 141 Å². The summed E-state index contributed by atoms with van der Waals surface area (Å²) in [5.41, 5.74) is 6.75. The number of halogens is 10. The summed E-state index contributed by atoms with van der Waals surface area (Å²) < 4.78 is 121. The number of fused-ring (bicyclic) bond motifs is 3. The summed E-state index contributed by atoms with van der Waals surface area (Å²) in [4.78, 5) is 71.4. The Morgan fingerprint density at radius 1 is 0.354 bits per heavy atom. The van der Waals surface area contributed by atoms with E-state index < -0.39 is 57.4 Å². The van der Waals surface area contributed by atoms with Crippen LogP contribution in [0.25, 0.3) is 33.1 Å². The highest BCUT2D eigenvalue weighted by molar-refractivity contribution is 6.32. The molecule has 3 fully saturated rings. The van der Waals surface area contributed by atoms with E-state index in [-0.39, 0.29) is 16.4 Å². The molecule has 33 heteroatoms. The van der Waals surface area contributed by atoms with Gasteiger partial charge in [-0.05, 0) is 190 Å². The second kappa shape index (κ2) is 36.7. The first kappa shape index (κ1) is 79.5. The minimum absolute atomic E-state index is 0.0107. The molecule has 0 atom stereocenters. The average Bonchev–Trinajstić information content (AvgIpc) is 1.02. The molecular formula is C80H69Cl3F7N15O8. The van der Waals surface area contributed by atoms with Crippen molar-refractivity contribution in [2.24, 2.45) is 0 Å². The van der Waals surface area contributed by atoms with Gasteiger partial charge in [0.1, 0.15) is 40.3 Å². The number of amides is 6. The van der Waals surface area contributed by atoms with Crippen LogP contribution in [-0.4, -0.2) is 128 Å². The summed E-state index contributed by atoms with van der Waals surface area (Å²) in [5, 5.41) is 14.2. The molecule has 9 aromatic carbocycles. The zero-order chi connectivity index (χ0) is 79.0. The number of aromatic nitrogens is 6. The second-order valence-electron chi connectivity index (χ2n) is 25.9. The van der Waals surface area contributed by atoms with Crippen LogP contribution in [0.4, 0.5) is 79.2 Å². The summed E-state index contributed by atoms with van der Waals surface area (Å²) in [7, 11) is 0. The first-order chi connectivity index (χ1) is 54.5. The van der Waals surface area contributed by atoms with Crippen LogP contribution in [0.15, 0.2) is 201 Å². The Bertz CT molecular complexity index is 5360. The van der Waals surface area contributed by atoms with E-state index >= 15 is 0 Å². The summed E-state index contributed by atoms with van der Waals surface area (Å²) in [5.74, 6) is 2.83. The maximum absolute atomic E-state index is 13.6. The van der Waals surface area contributed by atoms with Gasteiger partial charge >= 0.3 is 30.4 Å². The number of hydrogen-bond acceptors (Lipinski definition) is 17. The van der Waals surface area contributed by atoms with Crippen LogP contribution >= 0.6 is 34.8 Å². The molecule has 3 aliphatic rings. The van der Waals surface area contributed by atoms with E-state index in [1.54, 1.807) is 91.1 Å². The fourth-order valence-electron chi connectivity index (χ4n) is 12.0. The van der Waals surface area contributed by atoms with Crippen molar-refractivity contribution >= 4 is 120 Å². The van der Waals surface area contributed by atoms with Crippen molar-refractivity contribution in [2.45, 2.75) is 44.8 Å². The highest BCUT2D eigenvalue weighted by atomic mass is 35.5. The predicted molar refractivity (Wildman–Crippen MR) is 417 cm³/mol. The lowest BCUT2D eigenvalue weighted by Gasteiger charge is -2.26. The number of hydrogen-bond donors (Lipinski definition) is 6. The van der Waals surface area contributed by atoms with Crippen molar-refractivity contribution in [1.82, 2.24) is 44.6 Å². The van der Waals surface area contributed by atoms with Crippen LogP contribution < -0.4 is 46.1 Å². The highest BCUT2D eigenvalue weighted by Crippen LogP contribution is 2.39. The Kier molecular flexibility index (Phi) is 25.8. The number of rotatable bonds is 18. The summed E-state index contributed by atoms with van der Waals surface area (Å²) in [6, 6.07) is 44.9. The molecule has 6 amide bonds. The number of ether oxygens (including phenoxy) is 5. The van der Waals surface area contributed by atoms with Gasteiger partial charge in [-0.2, -0.15) is 26.3 Å². The molecule has 3 aromatic heterocycles. The lowest BCUT2D eigenvalue weighted by Crippen LogP contribution is -2.35. The van der Waals surface area contributed by atoms with Gasteiger partial charge in [0, 0.05) is 98.1 Å². The third-order valence-corrected chi connectivity index (χ3v) is 18.5. The second-order valence-corrected chi connectivity index (χ2v) is 27.1. The van der Waals surface area contributed by atoms with Crippen molar-refractivity contribution < 1.29 is 68.8 Å². The topological polar surface area (TPSA) is 257 Å². The number of carbonyl (C=O) groups is 3. The molecule has 0 unspecified atom stereocenters. The first-order valence-electron chi connectivity index (χ1n) is 35.3. The van der Waals surface area contributed by atoms with Gasteiger partial charge in [-0.3, -0.25) is 29.7 Å². The average molecular weight is 1610 g/mol. The Balaban J connectivity index is 0.000000148. The normalized spacial score (nSPS) is 14.1. The number of likely N-dealkylation sites (tertiary alicyclic amines) is 1. The number of nitrogens with one attached hydrogen (secondary N) is 6. The quantitative estimate of drug-likeness (QED) is 0.0437. The molecular weight excluding hydrogens is 1540 g/mol. The van der Waals surface area contributed by atoms with Crippen LogP contribution in [0.5, 0.6) is 34.5 Å². The van der Waals surface area contributed by atoms with Crippen LogP contribution in [0.3, 0.4) is 0 Å². The van der Waals surface area contributed by atoms with Crippen LogP contribution in [0, 0.1) is 5.82 Å². The van der Waals surface area contributed by atoms with Gasteiger partial charge in [-0.25, -0.2) is 33.7 Å². The van der Waals surface area contributed by atoms with E-state index in [2.05, 4.69) is 61.6 Å². The Labute approximate surface area is 656 Å². The van der Waals surface area contributed by atoms with Crippen LogP contribution in [-0.2, 0) is 41.5 Å². The maximum atomic E-state index is 13.6. The molecule has 0 spiro atoms. The number of urea groups is 3. The molecule has 0 bridgehead atoms. The van der Waals surface area contributed by atoms with E-state index in [0.29, 0.717) is 82.5 Å². The lowest BCUT2D eigenvalue weighted by atomic mass is 10.2. The molecule has 15 rings (SSSR count). The first-order valence-corrected chi connectivity index (χ1v) is 36.5. The van der Waals surface area contributed by atoms with E-state index in [1.807, 2.05) is 54.9 Å². The molecule has 3 saturated heterocycles. The van der Waals surface area contributed by atoms with Crippen molar-refractivity contribution in [3.63, 3.8) is 0 Å². The fourth-order valence-corrected chi connectivity index (χ4v) is 12.5. The molecule has 0 aliphatic carbocycles. The van der Waals surface area contributed by atoms with Crippen molar-refractivity contribution in [1.29, 1.82) is 0 Å². The number of anilines is 6. The molecule has 582 valence electrons. The van der Waals surface area contributed by atoms with Crippen LogP contribution in [0.2, 0.25) is 15.1 Å². The van der Waals surface area contributed by atoms with Gasteiger partial charge < -0.3 is 55.6 Å². The van der Waals surface area contributed by atoms with Gasteiger partial charge in [0.15, 0.2) is 0 Å². The zero-order valence-corrected chi connectivity index (χ0v) is 62.0. The molecule has 6 N–H and O–H groups in total. The summed E-state index contributed by atoms with van der Waals surface area (Å²) in [6.07, 6.45) is -1.44. The number of alkyl halides is 6. The molecule has 12 aromatic rings. The van der Waals surface area contributed by atoms with Gasteiger partial charge in [-0.1, -0.05) is 34.8 Å². The minimum Gasteiger partial charge on any atom is -0.457 e. The summed E-state index contributed by atoms with van der Waals surface area (Å²) in [6.45, 7) is 10.7. The Morgan fingerprint density at radius 2 is 0.637 bits per heavy atom. The third-order valence-electron chi connectivity index (χ3n) is 17.5. The monoisotopic (exact) mass is 1610 g/mol. The van der Waals surface area contributed by atoms with Crippen molar-refractivity contribution in [3.8, 4) is 34.5 Å². The third kappa shape index (κ3) is 22.8. The number of nitrogens with zero attached hydrogens (tertiary/aromatic N) is 9. The van der Waals surface area contributed by atoms with Crippen LogP contribution in [0.1, 0.15) is 41.1 Å². The lowest BCUT2D eigenvalue weighted by molar-refractivity contribution is -0.138. The van der Waals surface area contributed by atoms with Crippen molar-refractivity contribution in [2.75, 3.05) is 97.6 Å². The predicted octanol–water partition coefficient (Wildman–Crippen LogP) is 19.6. The maximum Gasteiger partial charge on any atom is 0.417 e. The number of benzene rings is 9. The Morgan fingerprint density at radius 3 is 0.956 bits per heavy atom. The molecule has 0 saturated carbocycles. The van der Waals surface area contributed by atoms with Crippen molar-refractivity contribution in [3.05, 3.63) is 250 Å². The van der Waals surface area contributed by atoms with E-state index in [4.69, 9.17) is 73.4 Å². The molecule has 6 heterocycles. The smallest absolute Gasteiger partial charge is 0.417 e. The van der Waals surface area contributed by atoms with Gasteiger partial charge in [-0.15, -0.1) is 0 Å². The van der Waals surface area contributed by atoms with Gasteiger partial charge in [0.25, 0.3) is 0 Å². The fraction of sp³-hybridized carbons (Fsp3) is 0.212. The molecule has 23 nitrogen and oxygen atoms in total. The van der Waals surface area contributed by atoms with E-state index in [9.17, 15) is 45.1 Å². The zero-order valence-electron chi connectivity index (χ0n) is 59.7. The number of morpholine rings is 2. The summed E-state index contributed by atoms with van der Waals surface area (Å²) >= 11 is 16.9. The van der Waals surface area contributed by atoms with E-state index in [1.165, 1.54) is 37.1 Å². The highest BCUT2D eigenvalue weighted by Gasteiger charge is 2.35. The standard InChI is InChI=1S/C27H23ClF3N5O3.C27H23ClF3N5O2.C26H23ClFN5O3/c28-23-7-3-18(13-22(23)27(29,30)31)35-26(37)34-17-1-4-20(5-2-17)39-21-6-8-24-25(14-21)33-19(15-32-24)16-36-9-11-38-12-10-36;28-23-9-5-18(13-22(23)27(29,30)31)35-26(37)34-17-3-6-20(7-4-17)38-21-8-10-24-25(14-21)33-19(15-32-24)16-36-11-1-2-12-36;27-22-7-3-18(13-23(22)28)32-26(34)31-17-1-4-20(5-2-17)36-21-6-8-24-25(14-21)30-19(15-29-24)16-33-9-11-35-12-10-33/h1-8,13-15H,9-12,16H2,(H2,34,35,37);3-10,13-15H,1-2,11-12,16H2,(H2,34,35,37);1-8,13-15H,9-12,16H2,(H2,31,32,34). The van der Waals surface area contributed by atoms with Gasteiger partial charge in [0.2, 0.25) is 0 Å². The minimum atomic E-state index is -4.64. The number of carbonyl (C=O) groups excluding carboxylic acids is 3. The Hall–Kier alpha value is -11.6. The molecule has 0 radical (unpaired) electrons. The molecule has 113 heavy (non-hydrogen) atoms. The largest absolute Gasteiger partial charge is 0.457 e. The van der Waals surface area contributed by atoms with Gasteiger partial charge in [0.05, 0.1) is 121 Å². The molecule has 3 aliphatic heterocycles. The SMILES string of the molecule is O=C(Nc1ccc(Oc2ccc3ncc(CN4CCCC4)nc3c2)cc1)Nc1ccc(Cl)c(C(F)(F)F)c1.O=C(Nc1ccc(Oc2ccc3ncc(CN4CCOCC4)nc3c2)cc1)Nc1ccc(Cl)c(C(F)(F)F)c1.O=C(Nc1ccc(Oc2ccc3ncc(CN4CCOCC4)nc3c2)cc1)Nc1ccc(Cl)c(F)c1.